The van der Waals surface area contributed by atoms with Crippen LogP contribution in [0.15, 0.2) is 23.1 Å². The number of hydrogen-bond acceptors (Lipinski definition) is 3. The van der Waals surface area contributed by atoms with Gasteiger partial charge in [0.2, 0.25) is 0 Å². The van der Waals surface area contributed by atoms with Gasteiger partial charge < -0.3 is 5.32 Å². The van der Waals surface area contributed by atoms with E-state index in [1.165, 1.54) is 0 Å². The first-order valence-corrected chi connectivity index (χ1v) is 8.55. The fourth-order valence-electron chi connectivity index (χ4n) is 2.88. The molecule has 3 atom stereocenters. The Hall–Kier alpha value is -0.290. The van der Waals surface area contributed by atoms with Gasteiger partial charge >= 0.3 is 0 Å². The summed E-state index contributed by atoms with van der Waals surface area (Å²) in [5.41, 5.74) is 0. The number of benzene rings is 1. The fraction of sp³-hybridized carbons (Fsp3) is 0.538. The van der Waals surface area contributed by atoms with Crippen LogP contribution in [0.4, 0.5) is 0 Å². The zero-order chi connectivity index (χ0) is 14.2. The molecule has 1 aromatic carbocycles. The summed E-state index contributed by atoms with van der Waals surface area (Å²) in [6.07, 6.45) is 1.49. The lowest BCUT2D eigenvalue weighted by atomic mass is 10.1. The van der Waals surface area contributed by atoms with E-state index in [0.717, 1.165) is 6.42 Å². The second kappa shape index (κ2) is 5.60. The van der Waals surface area contributed by atoms with Crippen molar-refractivity contribution >= 4 is 33.0 Å². The van der Waals surface area contributed by atoms with Crippen LogP contribution >= 0.6 is 23.2 Å². The molecule has 106 valence electrons. The highest BCUT2D eigenvalue weighted by atomic mass is 35.5. The molecule has 0 saturated heterocycles. The standard InChI is InChI=1S/C13H17Cl2NO2S/c1-8-11(16-2)6-7-12(8)19(17,18)13-9(14)4-3-5-10(13)15/h3-5,8,11-12,16H,6-7H2,1-2H3. The summed E-state index contributed by atoms with van der Waals surface area (Å²) in [7, 11) is -1.64. The summed E-state index contributed by atoms with van der Waals surface area (Å²) >= 11 is 12.1. The lowest BCUT2D eigenvalue weighted by molar-refractivity contribution is 0.453. The molecule has 0 aliphatic heterocycles. The molecule has 1 fully saturated rings. The van der Waals surface area contributed by atoms with E-state index in [1.807, 2.05) is 14.0 Å². The summed E-state index contributed by atoms with van der Waals surface area (Å²) in [6, 6.07) is 5.00. The van der Waals surface area contributed by atoms with Crippen LogP contribution in [0.5, 0.6) is 0 Å². The van der Waals surface area contributed by atoms with Gasteiger partial charge in [0, 0.05) is 6.04 Å². The Morgan fingerprint density at radius 1 is 1.21 bits per heavy atom. The smallest absolute Gasteiger partial charge is 0.184 e. The quantitative estimate of drug-likeness (QED) is 0.930. The van der Waals surface area contributed by atoms with E-state index in [1.54, 1.807) is 18.2 Å². The second-order valence-electron chi connectivity index (χ2n) is 4.97. The molecule has 0 heterocycles. The van der Waals surface area contributed by atoms with Crippen LogP contribution in [0.1, 0.15) is 19.8 Å². The van der Waals surface area contributed by atoms with Gasteiger partial charge in [-0.1, -0.05) is 36.2 Å². The van der Waals surface area contributed by atoms with Gasteiger partial charge in [0.05, 0.1) is 15.3 Å². The maximum atomic E-state index is 12.8. The van der Waals surface area contributed by atoms with Crippen molar-refractivity contribution in [3.8, 4) is 0 Å². The van der Waals surface area contributed by atoms with E-state index >= 15 is 0 Å². The van der Waals surface area contributed by atoms with E-state index in [0.29, 0.717) is 6.42 Å². The van der Waals surface area contributed by atoms with Crippen molar-refractivity contribution in [1.29, 1.82) is 0 Å². The minimum atomic E-state index is -3.50. The van der Waals surface area contributed by atoms with Gasteiger partial charge in [0.25, 0.3) is 0 Å². The molecule has 0 aromatic heterocycles. The summed E-state index contributed by atoms with van der Waals surface area (Å²) in [5, 5.41) is 3.14. The SMILES string of the molecule is CNC1CCC(S(=O)(=O)c2c(Cl)cccc2Cl)C1C. The van der Waals surface area contributed by atoms with Gasteiger partial charge in [-0.25, -0.2) is 8.42 Å². The zero-order valence-corrected chi connectivity index (χ0v) is 13.2. The van der Waals surface area contributed by atoms with Crippen molar-refractivity contribution in [3.05, 3.63) is 28.2 Å². The summed E-state index contributed by atoms with van der Waals surface area (Å²) < 4.78 is 25.5. The van der Waals surface area contributed by atoms with E-state index in [4.69, 9.17) is 23.2 Å². The van der Waals surface area contributed by atoms with Crippen LogP contribution in [-0.4, -0.2) is 26.8 Å². The van der Waals surface area contributed by atoms with Crippen LogP contribution in [0, 0.1) is 5.92 Å². The normalized spacial score (nSPS) is 27.7. The molecular formula is C13H17Cl2NO2S. The van der Waals surface area contributed by atoms with Crippen molar-refractivity contribution < 1.29 is 8.42 Å². The van der Waals surface area contributed by atoms with Crippen molar-refractivity contribution in [1.82, 2.24) is 5.32 Å². The molecule has 6 heteroatoms. The minimum absolute atomic E-state index is 0.0438. The van der Waals surface area contributed by atoms with Crippen LogP contribution in [0.2, 0.25) is 10.0 Å². The van der Waals surface area contributed by atoms with Crippen molar-refractivity contribution in [2.45, 2.75) is 36.0 Å². The van der Waals surface area contributed by atoms with E-state index in [2.05, 4.69) is 5.32 Å². The Labute approximate surface area is 124 Å². The van der Waals surface area contributed by atoms with Crippen molar-refractivity contribution in [3.63, 3.8) is 0 Å². The number of sulfone groups is 1. The Morgan fingerprint density at radius 2 is 1.79 bits per heavy atom. The number of hydrogen-bond donors (Lipinski definition) is 1. The molecule has 0 amide bonds. The van der Waals surface area contributed by atoms with Gasteiger partial charge in [0.1, 0.15) is 4.90 Å². The van der Waals surface area contributed by atoms with E-state index in [-0.39, 0.29) is 26.9 Å². The Kier molecular flexibility index (Phi) is 4.45. The molecule has 1 saturated carbocycles. The monoisotopic (exact) mass is 321 g/mol. The molecule has 2 rings (SSSR count). The largest absolute Gasteiger partial charge is 0.317 e. The molecule has 1 aliphatic carbocycles. The topological polar surface area (TPSA) is 46.2 Å². The maximum absolute atomic E-state index is 12.8. The van der Waals surface area contributed by atoms with E-state index < -0.39 is 15.1 Å². The molecule has 3 nitrogen and oxygen atoms in total. The highest BCUT2D eigenvalue weighted by Crippen LogP contribution is 2.39. The highest BCUT2D eigenvalue weighted by molar-refractivity contribution is 7.92. The van der Waals surface area contributed by atoms with Crippen LogP contribution in [0.3, 0.4) is 0 Å². The molecule has 0 radical (unpaired) electrons. The average Bonchev–Trinajstić information content (AvgIpc) is 2.70. The first-order chi connectivity index (χ1) is 8.89. The number of halogens is 2. The third kappa shape index (κ3) is 2.64. The first kappa shape index (κ1) is 15.1. The summed E-state index contributed by atoms with van der Waals surface area (Å²) in [4.78, 5) is 0.0759. The van der Waals surface area contributed by atoms with Crippen LogP contribution in [-0.2, 0) is 9.84 Å². The van der Waals surface area contributed by atoms with Gasteiger partial charge in [0.15, 0.2) is 9.84 Å². The predicted molar refractivity (Wildman–Crippen MR) is 78.7 cm³/mol. The Bertz CT molecular complexity index is 554. The molecule has 19 heavy (non-hydrogen) atoms. The van der Waals surface area contributed by atoms with Crippen molar-refractivity contribution in [2.24, 2.45) is 5.92 Å². The van der Waals surface area contributed by atoms with E-state index in [9.17, 15) is 8.42 Å². The summed E-state index contributed by atoms with van der Waals surface area (Å²) in [5.74, 6) is 0.0438. The third-order valence-electron chi connectivity index (χ3n) is 3.96. The lowest BCUT2D eigenvalue weighted by Crippen LogP contribution is -2.34. The molecule has 0 spiro atoms. The van der Waals surface area contributed by atoms with Gasteiger partial charge in [-0.3, -0.25) is 0 Å². The molecule has 0 bridgehead atoms. The lowest BCUT2D eigenvalue weighted by Gasteiger charge is -2.21. The van der Waals surface area contributed by atoms with Crippen LogP contribution < -0.4 is 5.32 Å². The second-order valence-corrected chi connectivity index (χ2v) is 7.88. The minimum Gasteiger partial charge on any atom is -0.317 e. The number of nitrogens with one attached hydrogen (secondary N) is 1. The molecular weight excluding hydrogens is 305 g/mol. The highest BCUT2D eigenvalue weighted by Gasteiger charge is 2.42. The zero-order valence-electron chi connectivity index (χ0n) is 10.9. The third-order valence-corrected chi connectivity index (χ3v) is 7.28. The van der Waals surface area contributed by atoms with Gasteiger partial charge in [-0.05, 0) is 37.9 Å². The predicted octanol–water partition coefficient (Wildman–Crippen LogP) is 3.15. The fourth-order valence-corrected chi connectivity index (χ4v) is 6.11. The Morgan fingerprint density at radius 3 is 2.26 bits per heavy atom. The maximum Gasteiger partial charge on any atom is 0.184 e. The molecule has 3 unspecified atom stereocenters. The Balaban J connectivity index is 2.44. The van der Waals surface area contributed by atoms with Gasteiger partial charge in [-0.2, -0.15) is 0 Å². The molecule has 1 aliphatic rings. The molecule has 1 aromatic rings. The van der Waals surface area contributed by atoms with Crippen molar-refractivity contribution in [2.75, 3.05) is 7.05 Å². The number of rotatable bonds is 3. The van der Waals surface area contributed by atoms with Gasteiger partial charge in [-0.15, -0.1) is 0 Å². The first-order valence-electron chi connectivity index (χ1n) is 6.24. The average molecular weight is 322 g/mol. The molecule has 1 N–H and O–H groups in total. The summed E-state index contributed by atoms with van der Waals surface area (Å²) in [6.45, 7) is 1.96. The van der Waals surface area contributed by atoms with Crippen LogP contribution in [0.25, 0.3) is 0 Å².